The van der Waals surface area contributed by atoms with Gasteiger partial charge in [-0.05, 0) is 38.0 Å². The molecule has 0 saturated heterocycles. The average Bonchev–Trinajstić information content (AvgIpc) is 3.31. The van der Waals surface area contributed by atoms with Crippen LogP contribution in [-0.2, 0) is 14.8 Å². The van der Waals surface area contributed by atoms with Gasteiger partial charge in [-0.3, -0.25) is 0 Å². The molecule has 1 heterocycles. The number of hydrogen-bond acceptors (Lipinski definition) is 4. The number of hydrogen-bond donors (Lipinski definition) is 1. The van der Waals surface area contributed by atoms with Crippen LogP contribution in [0, 0.1) is 17.8 Å². The zero-order chi connectivity index (χ0) is 19.1. The molecule has 8 heteroatoms. The van der Waals surface area contributed by atoms with Crippen LogP contribution < -0.4 is 4.72 Å². The van der Waals surface area contributed by atoms with E-state index in [1.165, 1.54) is 29.9 Å². The predicted octanol–water partition coefficient (Wildman–Crippen LogP) is 0.987. The van der Waals surface area contributed by atoms with E-state index in [-0.39, 0.29) is 11.4 Å². The van der Waals surface area contributed by atoms with E-state index in [1.807, 2.05) is 13.8 Å². The standard InChI is InChI=1S/C18H22N3O4S/c1-4-5-6-11-21-15-8-7-13(26(24,25)19-18(2)9-10-18)12-14(15)16(22)20(3)17(21)23/h7-8,12,14,19H,4,9-11H2,1-3H3/q+1. The molecule has 3 amide bonds. The van der Waals surface area contributed by atoms with Crippen LogP contribution in [0.25, 0.3) is 0 Å². The predicted molar refractivity (Wildman–Crippen MR) is 96.8 cm³/mol. The van der Waals surface area contributed by atoms with Gasteiger partial charge in [-0.25, -0.2) is 17.9 Å². The maximum atomic E-state index is 12.6. The SMILES string of the molecule is CCC#CC[N+]1=C2C=CC(S(=O)(=O)NC3(C)CC3)=CC2C(=O)N(C)C1=O. The fourth-order valence-corrected chi connectivity index (χ4v) is 4.43. The lowest BCUT2D eigenvalue weighted by molar-refractivity contribution is -0.425. The third-order valence-electron chi connectivity index (χ3n) is 4.72. The molecule has 0 radical (unpaired) electrons. The Labute approximate surface area is 153 Å². The van der Waals surface area contributed by atoms with Crippen LogP contribution in [0.5, 0.6) is 0 Å². The summed E-state index contributed by atoms with van der Waals surface area (Å²) in [5.41, 5.74) is 0.0582. The lowest BCUT2D eigenvalue weighted by Gasteiger charge is -2.25. The zero-order valence-electron chi connectivity index (χ0n) is 15.1. The summed E-state index contributed by atoms with van der Waals surface area (Å²) in [5.74, 6) is 4.53. The molecule has 0 aromatic rings. The first-order valence-electron chi connectivity index (χ1n) is 8.54. The van der Waals surface area contributed by atoms with Crippen LogP contribution in [0.3, 0.4) is 0 Å². The van der Waals surface area contributed by atoms with Gasteiger partial charge >= 0.3 is 11.9 Å². The van der Waals surface area contributed by atoms with Gasteiger partial charge in [0.2, 0.25) is 10.0 Å². The van der Waals surface area contributed by atoms with Crippen molar-refractivity contribution in [2.45, 2.75) is 38.6 Å². The van der Waals surface area contributed by atoms with E-state index >= 15 is 0 Å². The number of nitrogens with zero attached hydrogens (tertiary/aromatic N) is 2. The first kappa shape index (κ1) is 18.5. The van der Waals surface area contributed by atoms with E-state index in [1.54, 1.807) is 0 Å². The molecule has 1 atom stereocenters. The fourth-order valence-electron chi connectivity index (χ4n) is 2.90. The molecule has 7 nitrogen and oxygen atoms in total. The van der Waals surface area contributed by atoms with Gasteiger partial charge in [0.1, 0.15) is 11.6 Å². The summed E-state index contributed by atoms with van der Waals surface area (Å²) in [7, 11) is -2.32. The normalized spacial score (nSPS) is 24.0. The molecule has 1 unspecified atom stereocenters. The van der Waals surface area contributed by atoms with Crippen molar-refractivity contribution in [1.82, 2.24) is 9.62 Å². The lowest BCUT2D eigenvalue weighted by atomic mass is 9.94. The summed E-state index contributed by atoms with van der Waals surface area (Å²) in [5, 5.41) is 0. The van der Waals surface area contributed by atoms with E-state index in [0.29, 0.717) is 12.1 Å². The fraction of sp³-hybridized carbons (Fsp3) is 0.500. The van der Waals surface area contributed by atoms with Crippen molar-refractivity contribution in [2.75, 3.05) is 13.6 Å². The van der Waals surface area contributed by atoms with E-state index in [4.69, 9.17) is 0 Å². The molecule has 2 aliphatic carbocycles. The molecule has 1 saturated carbocycles. The highest BCUT2D eigenvalue weighted by Crippen LogP contribution is 2.36. The number of sulfonamides is 1. The summed E-state index contributed by atoms with van der Waals surface area (Å²) in [6, 6.07) is -0.459. The van der Waals surface area contributed by atoms with Gasteiger partial charge < -0.3 is 0 Å². The second-order valence-electron chi connectivity index (χ2n) is 6.94. The second-order valence-corrected chi connectivity index (χ2v) is 8.63. The maximum Gasteiger partial charge on any atom is 0.501 e. The minimum absolute atomic E-state index is 0.0510. The molecule has 0 bridgehead atoms. The van der Waals surface area contributed by atoms with Crippen LogP contribution in [0.15, 0.2) is 23.1 Å². The molecule has 3 rings (SSSR count). The van der Waals surface area contributed by atoms with Crippen molar-refractivity contribution in [3.05, 3.63) is 23.1 Å². The topological polar surface area (TPSA) is 86.6 Å². The second kappa shape index (κ2) is 6.49. The number of amides is 3. The summed E-state index contributed by atoms with van der Waals surface area (Å²) in [6.07, 6.45) is 6.64. The summed E-state index contributed by atoms with van der Waals surface area (Å²) < 4.78 is 29.3. The molecule has 138 valence electrons. The monoisotopic (exact) mass is 376 g/mol. The molecule has 3 aliphatic rings. The van der Waals surface area contributed by atoms with Crippen molar-refractivity contribution >= 4 is 27.7 Å². The van der Waals surface area contributed by atoms with Gasteiger partial charge in [-0.15, -0.1) is 0 Å². The first-order valence-corrected chi connectivity index (χ1v) is 10.0. The molecule has 1 N–H and O–H groups in total. The Balaban J connectivity index is 1.98. The molecular weight excluding hydrogens is 354 g/mol. The van der Waals surface area contributed by atoms with Crippen LogP contribution in [0.2, 0.25) is 0 Å². The van der Waals surface area contributed by atoms with Gasteiger partial charge in [0.05, 0.1) is 12.0 Å². The molecule has 1 aliphatic heterocycles. The molecular formula is C18H22N3O4S+. The van der Waals surface area contributed by atoms with E-state index < -0.39 is 33.4 Å². The van der Waals surface area contributed by atoms with Gasteiger partial charge in [-0.2, -0.15) is 14.3 Å². The van der Waals surface area contributed by atoms with Gasteiger partial charge in [0.15, 0.2) is 6.54 Å². The number of imide groups is 1. The molecule has 0 aromatic carbocycles. The number of nitrogens with one attached hydrogen (secondary N) is 1. The van der Waals surface area contributed by atoms with Gasteiger partial charge in [-0.1, -0.05) is 18.8 Å². The van der Waals surface area contributed by atoms with E-state index in [9.17, 15) is 18.0 Å². The van der Waals surface area contributed by atoms with Gasteiger partial charge in [0, 0.05) is 12.0 Å². The minimum Gasteiger partial charge on any atom is -0.245 e. The average molecular weight is 376 g/mol. The Morgan fingerprint density at radius 3 is 2.62 bits per heavy atom. The zero-order valence-corrected chi connectivity index (χ0v) is 15.9. The van der Waals surface area contributed by atoms with Crippen LogP contribution >= 0.6 is 0 Å². The number of urea groups is 1. The first-order chi connectivity index (χ1) is 12.2. The van der Waals surface area contributed by atoms with Crippen LogP contribution in [0.4, 0.5) is 4.79 Å². The van der Waals surface area contributed by atoms with E-state index in [2.05, 4.69) is 16.6 Å². The quantitative estimate of drug-likeness (QED) is 0.586. The highest BCUT2D eigenvalue weighted by molar-refractivity contribution is 7.93. The maximum absolute atomic E-state index is 12.6. The Morgan fingerprint density at radius 1 is 1.31 bits per heavy atom. The number of allylic oxidation sites excluding steroid dienone is 2. The van der Waals surface area contributed by atoms with Crippen molar-refractivity contribution in [3.8, 4) is 11.8 Å². The highest BCUT2D eigenvalue weighted by Gasteiger charge is 2.47. The summed E-state index contributed by atoms with van der Waals surface area (Å²) in [6.45, 7) is 3.92. The Hall–Kier alpha value is -2.24. The molecule has 26 heavy (non-hydrogen) atoms. The number of carbonyl (C=O) groups is 2. The largest absolute Gasteiger partial charge is 0.501 e. The van der Waals surface area contributed by atoms with Crippen molar-refractivity contribution in [1.29, 1.82) is 0 Å². The van der Waals surface area contributed by atoms with Crippen LogP contribution in [-0.4, -0.2) is 54.7 Å². The smallest absolute Gasteiger partial charge is 0.245 e. The lowest BCUT2D eigenvalue weighted by Crippen LogP contribution is -2.53. The Kier molecular flexibility index (Phi) is 4.63. The third-order valence-corrected chi connectivity index (χ3v) is 6.38. The highest BCUT2D eigenvalue weighted by atomic mass is 32.2. The Morgan fingerprint density at radius 2 is 2.00 bits per heavy atom. The van der Waals surface area contributed by atoms with Crippen molar-refractivity contribution < 1.29 is 22.6 Å². The van der Waals surface area contributed by atoms with Gasteiger partial charge in [0.25, 0.3) is 0 Å². The Bertz CT molecular complexity index is 927. The van der Waals surface area contributed by atoms with Crippen molar-refractivity contribution in [3.63, 3.8) is 0 Å². The van der Waals surface area contributed by atoms with E-state index in [0.717, 1.165) is 17.7 Å². The molecule has 0 spiro atoms. The van der Waals surface area contributed by atoms with Crippen LogP contribution in [0.1, 0.15) is 33.1 Å². The van der Waals surface area contributed by atoms with Crippen molar-refractivity contribution in [2.24, 2.45) is 5.92 Å². The summed E-state index contributed by atoms with van der Waals surface area (Å²) >= 11 is 0. The molecule has 0 aromatic heterocycles. The minimum atomic E-state index is -3.71. The summed E-state index contributed by atoms with van der Waals surface area (Å²) in [4.78, 5) is 26.0. The molecule has 1 fully saturated rings. The number of rotatable bonds is 4. The number of carbonyl (C=O) groups excluding carboxylic acids is 2. The third kappa shape index (κ3) is 3.37. The number of fused-ring (bicyclic) bond motifs is 1.